The molecule has 1 atom stereocenters. The molecule has 0 aliphatic carbocycles. The van der Waals surface area contributed by atoms with Crippen molar-refractivity contribution < 1.29 is 22.7 Å². The zero-order valence-electron chi connectivity index (χ0n) is 14.2. The average Bonchev–Trinajstić information content (AvgIpc) is 2.40. The van der Waals surface area contributed by atoms with Gasteiger partial charge in [-0.15, -0.1) is 0 Å². The van der Waals surface area contributed by atoms with Gasteiger partial charge in [-0.25, -0.2) is 17.9 Å². The second-order valence-corrected chi connectivity index (χ2v) is 8.48. The van der Waals surface area contributed by atoms with Crippen LogP contribution in [0.25, 0.3) is 0 Å². The molecular weight excluding hydrogens is 322 g/mol. The first-order chi connectivity index (χ1) is 10.5. The van der Waals surface area contributed by atoms with E-state index in [1.54, 1.807) is 20.8 Å². The molecule has 8 nitrogen and oxygen atoms in total. The zero-order valence-corrected chi connectivity index (χ0v) is 15.0. The van der Waals surface area contributed by atoms with Crippen molar-refractivity contribution in [3.63, 3.8) is 0 Å². The number of hydrogen-bond donors (Lipinski definition) is 2. The standard InChI is InChI=1S/C14H27N3O5S/c1-14(2,3)22-13(19)17-10-6-5-7-11(17)12(18)15-8-9-16-23(4,20)21/h11,16H,5-10H2,1-4H3,(H,15,18)/t11-/m0/s1. The van der Waals surface area contributed by atoms with Gasteiger partial charge in [-0.3, -0.25) is 9.69 Å². The summed E-state index contributed by atoms with van der Waals surface area (Å²) in [5.41, 5.74) is -0.616. The summed E-state index contributed by atoms with van der Waals surface area (Å²) in [6.07, 6.45) is 2.83. The summed E-state index contributed by atoms with van der Waals surface area (Å²) in [6.45, 7) is 6.10. The van der Waals surface area contributed by atoms with Gasteiger partial charge >= 0.3 is 6.09 Å². The van der Waals surface area contributed by atoms with Crippen LogP contribution in [0.4, 0.5) is 4.79 Å². The zero-order chi connectivity index (χ0) is 17.7. The van der Waals surface area contributed by atoms with Crippen LogP contribution in [0, 0.1) is 0 Å². The van der Waals surface area contributed by atoms with Crippen molar-refractivity contribution in [3.8, 4) is 0 Å². The Labute approximate surface area is 138 Å². The van der Waals surface area contributed by atoms with E-state index in [1.807, 2.05) is 0 Å². The molecule has 1 aliphatic rings. The van der Waals surface area contributed by atoms with Gasteiger partial charge < -0.3 is 10.1 Å². The Bertz CT molecular complexity index is 527. The van der Waals surface area contributed by atoms with Gasteiger partial charge in [0.2, 0.25) is 15.9 Å². The Balaban J connectivity index is 2.56. The first kappa shape index (κ1) is 19.7. The highest BCUT2D eigenvalue weighted by molar-refractivity contribution is 7.88. The Morgan fingerprint density at radius 1 is 1.22 bits per heavy atom. The van der Waals surface area contributed by atoms with Crippen molar-refractivity contribution in [2.75, 3.05) is 25.9 Å². The number of piperidine rings is 1. The lowest BCUT2D eigenvalue weighted by Crippen LogP contribution is -2.53. The van der Waals surface area contributed by atoms with Gasteiger partial charge in [-0.2, -0.15) is 0 Å². The Morgan fingerprint density at radius 3 is 2.43 bits per heavy atom. The molecule has 23 heavy (non-hydrogen) atoms. The molecule has 1 rings (SSSR count). The van der Waals surface area contributed by atoms with Gasteiger partial charge in [-0.1, -0.05) is 0 Å². The maximum atomic E-state index is 12.3. The van der Waals surface area contributed by atoms with E-state index in [0.717, 1.165) is 19.1 Å². The fraction of sp³-hybridized carbons (Fsp3) is 0.857. The van der Waals surface area contributed by atoms with Crippen LogP contribution in [0.5, 0.6) is 0 Å². The third-order valence-electron chi connectivity index (χ3n) is 3.22. The van der Waals surface area contributed by atoms with Crippen LogP contribution in [0.3, 0.4) is 0 Å². The molecule has 9 heteroatoms. The molecule has 1 aliphatic heterocycles. The SMILES string of the molecule is CC(C)(C)OC(=O)N1CCCC[C@H]1C(=O)NCCNS(C)(=O)=O. The molecule has 0 spiro atoms. The van der Waals surface area contributed by atoms with E-state index in [4.69, 9.17) is 4.74 Å². The maximum absolute atomic E-state index is 12.3. The number of hydrogen-bond acceptors (Lipinski definition) is 5. The van der Waals surface area contributed by atoms with Gasteiger partial charge in [-0.05, 0) is 40.0 Å². The summed E-state index contributed by atoms with van der Waals surface area (Å²) in [7, 11) is -3.28. The number of ether oxygens (including phenoxy) is 1. The average molecular weight is 349 g/mol. The molecule has 2 amide bonds. The highest BCUT2D eigenvalue weighted by atomic mass is 32.2. The molecule has 134 valence electrons. The molecule has 0 radical (unpaired) electrons. The number of likely N-dealkylation sites (tertiary alicyclic amines) is 1. The molecule has 1 fully saturated rings. The number of rotatable bonds is 5. The molecule has 0 aromatic rings. The van der Waals surface area contributed by atoms with Crippen LogP contribution in [0.15, 0.2) is 0 Å². The molecule has 0 saturated carbocycles. The van der Waals surface area contributed by atoms with Gasteiger partial charge in [0.15, 0.2) is 0 Å². The lowest BCUT2D eigenvalue weighted by atomic mass is 10.0. The summed E-state index contributed by atoms with van der Waals surface area (Å²) < 4.78 is 29.6. The van der Waals surface area contributed by atoms with Crippen LogP contribution >= 0.6 is 0 Å². The second-order valence-electron chi connectivity index (χ2n) is 6.64. The minimum Gasteiger partial charge on any atom is -0.444 e. The summed E-state index contributed by atoms with van der Waals surface area (Å²) in [5.74, 6) is -0.286. The van der Waals surface area contributed by atoms with Crippen molar-refractivity contribution in [2.24, 2.45) is 0 Å². The minimum atomic E-state index is -3.28. The van der Waals surface area contributed by atoms with Gasteiger partial charge in [0.1, 0.15) is 11.6 Å². The third-order valence-corrected chi connectivity index (χ3v) is 3.95. The van der Waals surface area contributed by atoms with Gasteiger partial charge in [0.05, 0.1) is 6.26 Å². The molecule has 0 aromatic heterocycles. The summed E-state index contributed by atoms with van der Waals surface area (Å²) in [4.78, 5) is 25.9. The smallest absolute Gasteiger partial charge is 0.410 e. The van der Waals surface area contributed by atoms with Gasteiger partial charge in [0, 0.05) is 19.6 Å². The normalized spacial score (nSPS) is 19.3. The molecule has 0 bridgehead atoms. The highest BCUT2D eigenvalue weighted by Gasteiger charge is 2.34. The van der Waals surface area contributed by atoms with Gasteiger partial charge in [0.25, 0.3) is 0 Å². The largest absolute Gasteiger partial charge is 0.444 e. The van der Waals surface area contributed by atoms with E-state index >= 15 is 0 Å². The van der Waals surface area contributed by atoms with E-state index in [0.29, 0.717) is 13.0 Å². The lowest BCUT2D eigenvalue weighted by Gasteiger charge is -2.35. The number of carbonyl (C=O) groups excluding carboxylic acids is 2. The van der Waals surface area contributed by atoms with E-state index in [9.17, 15) is 18.0 Å². The Hall–Kier alpha value is -1.35. The summed E-state index contributed by atoms with van der Waals surface area (Å²) in [6, 6.07) is -0.572. The number of nitrogens with one attached hydrogen (secondary N) is 2. The quantitative estimate of drug-likeness (QED) is 0.701. The van der Waals surface area contributed by atoms with E-state index < -0.39 is 27.8 Å². The van der Waals surface area contributed by atoms with E-state index in [-0.39, 0.29) is 19.0 Å². The lowest BCUT2D eigenvalue weighted by molar-refractivity contribution is -0.127. The Kier molecular flexibility index (Phi) is 6.82. The number of carbonyl (C=O) groups is 2. The van der Waals surface area contributed by atoms with Crippen molar-refractivity contribution in [3.05, 3.63) is 0 Å². The minimum absolute atomic E-state index is 0.115. The molecule has 2 N–H and O–H groups in total. The second kappa shape index (κ2) is 7.96. The molecule has 1 saturated heterocycles. The first-order valence-electron chi connectivity index (χ1n) is 7.71. The Morgan fingerprint density at radius 2 is 1.87 bits per heavy atom. The summed E-state index contributed by atoms with van der Waals surface area (Å²) in [5, 5.41) is 2.66. The van der Waals surface area contributed by atoms with Crippen LogP contribution in [-0.2, 0) is 19.6 Å². The van der Waals surface area contributed by atoms with Crippen molar-refractivity contribution in [1.82, 2.24) is 14.9 Å². The predicted molar refractivity (Wildman–Crippen MR) is 86.4 cm³/mol. The fourth-order valence-corrected chi connectivity index (χ4v) is 2.76. The third kappa shape index (κ3) is 7.65. The van der Waals surface area contributed by atoms with Crippen molar-refractivity contribution in [1.29, 1.82) is 0 Å². The molecule has 0 unspecified atom stereocenters. The maximum Gasteiger partial charge on any atom is 0.410 e. The topological polar surface area (TPSA) is 105 Å². The first-order valence-corrected chi connectivity index (χ1v) is 9.61. The van der Waals surface area contributed by atoms with Crippen LogP contribution < -0.4 is 10.0 Å². The number of nitrogens with zero attached hydrogens (tertiary/aromatic N) is 1. The van der Waals surface area contributed by atoms with Crippen molar-refractivity contribution in [2.45, 2.75) is 51.7 Å². The predicted octanol–water partition coefficient (Wildman–Crippen LogP) is 0.441. The van der Waals surface area contributed by atoms with Crippen LogP contribution in [0.2, 0.25) is 0 Å². The fourth-order valence-electron chi connectivity index (χ4n) is 2.28. The van der Waals surface area contributed by atoms with Crippen molar-refractivity contribution >= 4 is 22.0 Å². The monoisotopic (exact) mass is 349 g/mol. The summed E-state index contributed by atoms with van der Waals surface area (Å²) >= 11 is 0. The molecule has 0 aromatic carbocycles. The highest BCUT2D eigenvalue weighted by Crippen LogP contribution is 2.20. The van der Waals surface area contributed by atoms with E-state index in [1.165, 1.54) is 4.90 Å². The number of amides is 2. The van der Waals surface area contributed by atoms with Crippen LogP contribution in [-0.4, -0.2) is 62.9 Å². The van der Waals surface area contributed by atoms with E-state index in [2.05, 4.69) is 10.0 Å². The number of sulfonamides is 1. The molecular formula is C14H27N3O5S. The molecule has 1 heterocycles. The van der Waals surface area contributed by atoms with Crippen LogP contribution in [0.1, 0.15) is 40.0 Å².